The molecule has 2 aliphatic heterocycles. The Bertz CT molecular complexity index is 949. The number of ether oxygens (including phenoxy) is 2. The van der Waals surface area contributed by atoms with Crippen LogP contribution in [0.4, 0.5) is 22.0 Å². The van der Waals surface area contributed by atoms with Gasteiger partial charge in [-0.2, -0.15) is 17.6 Å². The van der Waals surface area contributed by atoms with Crippen LogP contribution < -0.4 is 10.2 Å². The van der Waals surface area contributed by atoms with Crippen molar-refractivity contribution in [2.24, 2.45) is 5.92 Å². The Balaban J connectivity index is 2.21. The molecule has 33 heavy (non-hydrogen) atoms. The van der Waals surface area contributed by atoms with Crippen molar-refractivity contribution in [3.05, 3.63) is 23.3 Å². The largest absolute Gasteiger partial charge is 0.497 e. The van der Waals surface area contributed by atoms with Gasteiger partial charge in [0, 0.05) is 22.9 Å². The molecule has 0 radical (unpaired) electrons. The number of carboxylic acid groups (broad SMARTS) is 1. The van der Waals surface area contributed by atoms with Crippen molar-refractivity contribution in [3.8, 4) is 5.75 Å². The maximum atomic E-state index is 15.1. The first-order valence-corrected chi connectivity index (χ1v) is 10.3. The molecule has 2 saturated heterocycles. The van der Waals surface area contributed by atoms with Crippen molar-refractivity contribution in [1.82, 2.24) is 0 Å². The van der Waals surface area contributed by atoms with Crippen LogP contribution in [0.2, 0.25) is 0 Å². The van der Waals surface area contributed by atoms with E-state index in [-0.39, 0.29) is 5.56 Å². The second kappa shape index (κ2) is 7.81. The van der Waals surface area contributed by atoms with Crippen LogP contribution in [0, 0.1) is 17.6 Å². The molecular formula is C21H26BF5O6. The van der Waals surface area contributed by atoms with E-state index in [1.165, 1.54) is 0 Å². The van der Waals surface area contributed by atoms with E-state index >= 15 is 8.78 Å². The monoisotopic (exact) mass is 480 g/mol. The number of halogens is 5. The van der Waals surface area contributed by atoms with Crippen molar-refractivity contribution < 1.29 is 50.6 Å². The summed E-state index contributed by atoms with van der Waals surface area (Å²) in [5.41, 5.74) is -5.37. The SMILES string of the molecule is COc1c(C2C(C(=O)O)OC(C)(C(F)(F)F)C2C)cc(B2OC(C)(C)C(C)(C)O2)c(F)c1F. The predicted octanol–water partition coefficient (Wildman–Crippen LogP) is 3.80. The van der Waals surface area contributed by atoms with Crippen LogP contribution in [-0.4, -0.2) is 54.4 Å². The zero-order valence-corrected chi connectivity index (χ0v) is 19.3. The maximum Gasteiger partial charge on any atom is 0.497 e. The maximum absolute atomic E-state index is 15.1. The number of alkyl halides is 3. The molecule has 1 aromatic carbocycles. The first-order chi connectivity index (χ1) is 14.9. The predicted molar refractivity (Wildman–Crippen MR) is 107 cm³/mol. The smallest absolute Gasteiger partial charge is 0.493 e. The van der Waals surface area contributed by atoms with Gasteiger partial charge in [0.05, 0.1) is 18.3 Å². The standard InChI is InChI=1S/C21H26BF5O6/c1-9-12(16(17(28)29)31-20(9,6)21(25,26)27)10-8-11(13(23)14(24)15(10)30-7)22-32-18(2,3)19(4,5)33-22/h8-9,12,16H,1-7H3,(H,28,29). The average Bonchev–Trinajstić information content (AvgIpc) is 3.07. The summed E-state index contributed by atoms with van der Waals surface area (Å²) in [6.45, 7) is 8.63. The second-order valence-corrected chi connectivity index (χ2v) is 9.60. The van der Waals surface area contributed by atoms with Gasteiger partial charge >= 0.3 is 19.3 Å². The van der Waals surface area contributed by atoms with Crippen molar-refractivity contribution in [2.45, 2.75) is 76.5 Å². The summed E-state index contributed by atoms with van der Waals surface area (Å²) in [7, 11) is -0.376. The minimum atomic E-state index is -4.92. The summed E-state index contributed by atoms with van der Waals surface area (Å²) in [5, 5.41) is 9.62. The van der Waals surface area contributed by atoms with Gasteiger partial charge in [0.15, 0.2) is 23.3 Å². The molecule has 0 spiro atoms. The summed E-state index contributed by atoms with van der Waals surface area (Å²) in [5.74, 6) is -8.23. The Kier molecular flexibility index (Phi) is 6.08. The van der Waals surface area contributed by atoms with Gasteiger partial charge < -0.3 is 23.9 Å². The lowest BCUT2D eigenvalue weighted by Gasteiger charge is -2.32. The van der Waals surface area contributed by atoms with E-state index in [1.54, 1.807) is 27.7 Å². The van der Waals surface area contributed by atoms with Crippen LogP contribution >= 0.6 is 0 Å². The third-order valence-corrected chi connectivity index (χ3v) is 7.20. The highest BCUT2D eigenvalue weighted by Crippen LogP contribution is 2.54. The minimum Gasteiger partial charge on any atom is -0.493 e. The Labute approximate surface area is 188 Å². The van der Waals surface area contributed by atoms with Gasteiger partial charge in [-0.15, -0.1) is 0 Å². The van der Waals surface area contributed by atoms with E-state index in [0.717, 1.165) is 27.0 Å². The first kappa shape index (κ1) is 25.7. The number of hydrogen-bond donors (Lipinski definition) is 1. The minimum absolute atomic E-state index is 0.283. The van der Waals surface area contributed by atoms with Crippen LogP contribution in [0.15, 0.2) is 6.07 Å². The highest BCUT2D eigenvalue weighted by molar-refractivity contribution is 6.62. The van der Waals surface area contributed by atoms with Crippen LogP contribution in [0.3, 0.4) is 0 Å². The molecule has 2 fully saturated rings. The zero-order valence-electron chi connectivity index (χ0n) is 19.3. The van der Waals surface area contributed by atoms with Crippen molar-refractivity contribution >= 4 is 18.6 Å². The molecule has 12 heteroatoms. The van der Waals surface area contributed by atoms with E-state index < -0.39 is 76.9 Å². The Morgan fingerprint density at radius 3 is 2.03 bits per heavy atom. The molecule has 0 amide bonds. The van der Waals surface area contributed by atoms with Gasteiger partial charge in [0.1, 0.15) is 0 Å². The highest BCUT2D eigenvalue weighted by Gasteiger charge is 2.66. The van der Waals surface area contributed by atoms with Gasteiger partial charge in [0.25, 0.3) is 0 Å². The van der Waals surface area contributed by atoms with E-state index in [1.807, 2.05) is 0 Å². The molecule has 184 valence electrons. The number of carbonyl (C=O) groups is 1. The summed E-state index contributed by atoms with van der Waals surface area (Å²) in [6, 6.07) is 1.04. The molecule has 4 unspecified atom stereocenters. The summed E-state index contributed by atoms with van der Waals surface area (Å²) >= 11 is 0. The number of rotatable bonds is 4. The Morgan fingerprint density at radius 2 is 1.61 bits per heavy atom. The van der Waals surface area contributed by atoms with E-state index in [2.05, 4.69) is 0 Å². The fourth-order valence-corrected chi connectivity index (χ4v) is 4.26. The van der Waals surface area contributed by atoms with Gasteiger partial charge in [-0.3, -0.25) is 0 Å². The highest BCUT2D eigenvalue weighted by atomic mass is 19.4. The van der Waals surface area contributed by atoms with E-state index in [9.17, 15) is 23.1 Å². The molecule has 0 aromatic heterocycles. The topological polar surface area (TPSA) is 74.2 Å². The molecule has 1 N–H and O–H groups in total. The first-order valence-electron chi connectivity index (χ1n) is 10.3. The van der Waals surface area contributed by atoms with Gasteiger partial charge in [0.2, 0.25) is 5.82 Å². The molecule has 2 heterocycles. The Morgan fingerprint density at radius 1 is 1.09 bits per heavy atom. The van der Waals surface area contributed by atoms with Crippen molar-refractivity contribution in [1.29, 1.82) is 0 Å². The number of benzene rings is 1. The second-order valence-electron chi connectivity index (χ2n) is 9.60. The molecule has 2 aliphatic rings. The lowest BCUT2D eigenvalue weighted by Crippen LogP contribution is -2.47. The fourth-order valence-electron chi connectivity index (χ4n) is 4.26. The van der Waals surface area contributed by atoms with Crippen LogP contribution in [0.25, 0.3) is 0 Å². The van der Waals surface area contributed by atoms with Crippen molar-refractivity contribution in [2.75, 3.05) is 7.11 Å². The van der Waals surface area contributed by atoms with Gasteiger partial charge in [-0.25, -0.2) is 9.18 Å². The lowest BCUT2D eigenvalue weighted by atomic mass is 9.72. The average molecular weight is 480 g/mol. The number of aliphatic carboxylic acids is 1. The van der Waals surface area contributed by atoms with Gasteiger partial charge in [-0.05, 0) is 34.6 Å². The number of methoxy groups -OCH3 is 1. The van der Waals surface area contributed by atoms with Crippen LogP contribution in [-0.2, 0) is 18.8 Å². The third kappa shape index (κ3) is 3.79. The van der Waals surface area contributed by atoms with Crippen LogP contribution in [0.5, 0.6) is 5.75 Å². The van der Waals surface area contributed by atoms with Gasteiger partial charge in [-0.1, -0.05) is 13.0 Å². The molecule has 0 saturated carbocycles. The molecule has 6 nitrogen and oxygen atoms in total. The fraction of sp³-hybridized carbons (Fsp3) is 0.667. The number of carboxylic acids is 1. The molecular weight excluding hydrogens is 454 g/mol. The zero-order chi connectivity index (χ0) is 25.3. The Hall–Kier alpha value is -1.92. The quantitative estimate of drug-likeness (QED) is 0.523. The number of hydrogen-bond acceptors (Lipinski definition) is 5. The summed E-state index contributed by atoms with van der Waals surface area (Å²) in [4.78, 5) is 11.9. The summed E-state index contributed by atoms with van der Waals surface area (Å²) in [6.07, 6.45) is -6.91. The normalized spacial score (nSPS) is 31.2. The lowest BCUT2D eigenvalue weighted by molar-refractivity contribution is -0.273. The van der Waals surface area contributed by atoms with Crippen LogP contribution in [0.1, 0.15) is 53.0 Å². The molecule has 1 aromatic rings. The van der Waals surface area contributed by atoms with Crippen molar-refractivity contribution in [3.63, 3.8) is 0 Å². The van der Waals surface area contributed by atoms with E-state index in [4.69, 9.17) is 18.8 Å². The molecule has 0 aliphatic carbocycles. The molecule has 3 rings (SSSR count). The summed E-state index contributed by atoms with van der Waals surface area (Å²) < 4.78 is 93.1. The third-order valence-electron chi connectivity index (χ3n) is 7.20. The molecule has 0 bridgehead atoms. The molecule has 4 atom stereocenters. The van der Waals surface area contributed by atoms with E-state index in [0.29, 0.717) is 0 Å².